The molecule has 1 aliphatic carbocycles. The second-order valence-corrected chi connectivity index (χ2v) is 7.81. The number of carbonyl (C=O) groups excluding carboxylic acids is 1. The first-order chi connectivity index (χ1) is 11.6. The molecular formula is C20H26N2OS. The molecule has 1 aromatic heterocycles. The van der Waals surface area contributed by atoms with Crippen molar-refractivity contribution in [2.75, 3.05) is 20.6 Å². The Labute approximate surface area is 148 Å². The first-order valence-corrected chi connectivity index (χ1v) is 9.55. The van der Waals surface area contributed by atoms with Gasteiger partial charge in [0.25, 0.3) is 0 Å². The van der Waals surface area contributed by atoms with E-state index < -0.39 is 0 Å². The van der Waals surface area contributed by atoms with Crippen molar-refractivity contribution in [1.29, 1.82) is 0 Å². The van der Waals surface area contributed by atoms with Crippen LogP contribution in [-0.4, -0.2) is 31.4 Å². The van der Waals surface area contributed by atoms with Gasteiger partial charge in [-0.1, -0.05) is 49.2 Å². The summed E-state index contributed by atoms with van der Waals surface area (Å²) >= 11 is 1.71. The van der Waals surface area contributed by atoms with Crippen molar-refractivity contribution < 1.29 is 4.79 Å². The Kier molecular flexibility index (Phi) is 5.36. The molecule has 0 bridgehead atoms. The fraction of sp³-hybridized carbons (Fsp3) is 0.450. The van der Waals surface area contributed by atoms with Crippen LogP contribution in [0.1, 0.15) is 42.2 Å². The largest absolute Gasteiger partial charge is 0.353 e. The van der Waals surface area contributed by atoms with Gasteiger partial charge in [-0.25, -0.2) is 0 Å². The molecule has 0 saturated heterocycles. The van der Waals surface area contributed by atoms with E-state index in [0.717, 1.165) is 25.7 Å². The van der Waals surface area contributed by atoms with Gasteiger partial charge in [-0.05, 0) is 43.9 Å². The third-order valence-corrected chi connectivity index (χ3v) is 6.22. The Morgan fingerprint density at radius 2 is 1.88 bits per heavy atom. The highest BCUT2D eigenvalue weighted by molar-refractivity contribution is 7.10. The lowest BCUT2D eigenvalue weighted by molar-refractivity contribution is -0.126. The highest BCUT2D eigenvalue weighted by atomic mass is 32.1. The molecule has 24 heavy (non-hydrogen) atoms. The molecule has 2 aromatic rings. The van der Waals surface area contributed by atoms with Gasteiger partial charge in [0.2, 0.25) is 5.91 Å². The summed E-state index contributed by atoms with van der Waals surface area (Å²) < 4.78 is 0. The Morgan fingerprint density at radius 3 is 2.46 bits per heavy atom. The Balaban J connectivity index is 1.73. The number of hydrogen-bond acceptors (Lipinski definition) is 3. The molecule has 128 valence electrons. The molecule has 1 unspecified atom stereocenters. The fourth-order valence-corrected chi connectivity index (χ4v) is 4.73. The quantitative estimate of drug-likeness (QED) is 0.861. The number of thiophene rings is 1. The van der Waals surface area contributed by atoms with E-state index in [0.29, 0.717) is 6.54 Å². The Morgan fingerprint density at radius 1 is 1.17 bits per heavy atom. The summed E-state index contributed by atoms with van der Waals surface area (Å²) in [5, 5.41) is 5.34. The number of benzene rings is 1. The van der Waals surface area contributed by atoms with Crippen LogP contribution in [0.25, 0.3) is 0 Å². The smallest absolute Gasteiger partial charge is 0.231 e. The molecule has 3 nitrogen and oxygen atoms in total. The van der Waals surface area contributed by atoms with Crippen LogP contribution in [0, 0.1) is 0 Å². The van der Waals surface area contributed by atoms with Crippen LogP contribution in [0.15, 0.2) is 47.8 Å². The summed E-state index contributed by atoms with van der Waals surface area (Å²) in [7, 11) is 4.13. The third-order valence-electron chi connectivity index (χ3n) is 5.15. The number of carbonyl (C=O) groups is 1. The van der Waals surface area contributed by atoms with Gasteiger partial charge in [-0.3, -0.25) is 4.79 Å². The predicted octanol–water partition coefficient (Wildman–Crippen LogP) is 3.98. The SMILES string of the molecule is CN(C)C(CNC(=O)C1(c2cccs2)CCCC1)c1ccccc1. The molecule has 0 radical (unpaired) electrons. The monoisotopic (exact) mass is 342 g/mol. The van der Waals surface area contributed by atoms with Crippen LogP contribution in [0.4, 0.5) is 0 Å². The minimum Gasteiger partial charge on any atom is -0.353 e. The highest BCUT2D eigenvalue weighted by Crippen LogP contribution is 2.43. The molecule has 1 N–H and O–H groups in total. The minimum absolute atomic E-state index is 0.192. The Hall–Kier alpha value is -1.65. The first-order valence-electron chi connectivity index (χ1n) is 8.67. The normalized spacial score (nSPS) is 17.8. The van der Waals surface area contributed by atoms with E-state index in [1.165, 1.54) is 10.4 Å². The second-order valence-electron chi connectivity index (χ2n) is 6.87. The van der Waals surface area contributed by atoms with Gasteiger partial charge in [-0.2, -0.15) is 0 Å². The zero-order chi connectivity index (χ0) is 17.0. The van der Waals surface area contributed by atoms with Gasteiger partial charge in [0.05, 0.1) is 11.5 Å². The maximum absolute atomic E-state index is 13.1. The number of amides is 1. The lowest BCUT2D eigenvalue weighted by Crippen LogP contribution is -2.45. The molecule has 0 aliphatic heterocycles. The molecule has 1 fully saturated rings. The molecular weight excluding hydrogens is 316 g/mol. The van der Waals surface area contributed by atoms with Gasteiger partial charge >= 0.3 is 0 Å². The van der Waals surface area contributed by atoms with E-state index >= 15 is 0 Å². The predicted molar refractivity (Wildman–Crippen MR) is 100 cm³/mol. The molecule has 1 heterocycles. The van der Waals surface area contributed by atoms with Crippen molar-refractivity contribution in [3.63, 3.8) is 0 Å². The van der Waals surface area contributed by atoms with Crippen molar-refractivity contribution in [2.24, 2.45) is 0 Å². The maximum atomic E-state index is 13.1. The average Bonchev–Trinajstić information content (AvgIpc) is 3.27. The average molecular weight is 343 g/mol. The zero-order valence-corrected chi connectivity index (χ0v) is 15.3. The van der Waals surface area contributed by atoms with E-state index in [2.05, 4.69) is 66.1 Å². The zero-order valence-electron chi connectivity index (χ0n) is 14.5. The van der Waals surface area contributed by atoms with Gasteiger partial charge < -0.3 is 10.2 Å². The highest BCUT2D eigenvalue weighted by Gasteiger charge is 2.43. The summed E-state index contributed by atoms with van der Waals surface area (Å²) in [6, 6.07) is 14.8. The van der Waals surface area contributed by atoms with Crippen LogP contribution in [0.5, 0.6) is 0 Å². The maximum Gasteiger partial charge on any atom is 0.231 e. The van der Waals surface area contributed by atoms with Crippen LogP contribution >= 0.6 is 11.3 Å². The first kappa shape index (κ1) is 17.2. The molecule has 3 rings (SSSR count). The molecule has 0 spiro atoms. The lowest BCUT2D eigenvalue weighted by Gasteiger charge is -2.30. The number of likely N-dealkylation sites (N-methyl/N-ethyl adjacent to an activating group) is 1. The summed E-state index contributed by atoms with van der Waals surface area (Å²) in [4.78, 5) is 16.5. The standard InChI is InChI=1S/C20H26N2OS/c1-22(2)17(16-9-4-3-5-10-16)15-21-19(23)20(12-6-7-13-20)18-11-8-14-24-18/h3-5,8-11,14,17H,6-7,12-13,15H2,1-2H3,(H,21,23). The molecule has 1 aromatic carbocycles. The number of rotatable bonds is 6. The van der Waals surface area contributed by atoms with Crippen LogP contribution in [0.2, 0.25) is 0 Å². The van der Waals surface area contributed by atoms with Gasteiger partial charge in [0.15, 0.2) is 0 Å². The van der Waals surface area contributed by atoms with Crippen molar-refractivity contribution in [1.82, 2.24) is 10.2 Å². The van der Waals surface area contributed by atoms with E-state index in [1.807, 2.05) is 6.07 Å². The molecule has 1 atom stereocenters. The second kappa shape index (κ2) is 7.49. The number of nitrogens with zero attached hydrogens (tertiary/aromatic N) is 1. The van der Waals surface area contributed by atoms with Crippen molar-refractivity contribution >= 4 is 17.2 Å². The summed E-state index contributed by atoms with van der Waals surface area (Å²) in [5.74, 6) is 0.199. The summed E-state index contributed by atoms with van der Waals surface area (Å²) in [6.07, 6.45) is 4.22. The molecule has 1 saturated carbocycles. The van der Waals surface area contributed by atoms with Crippen LogP contribution < -0.4 is 5.32 Å². The van der Waals surface area contributed by atoms with Crippen LogP contribution in [0.3, 0.4) is 0 Å². The summed E-state index contributed by atoms with van der Waals surface area (Å²) in [6.45, 7) is 0.642. The Bertz CT molecular complexity index is 646. The molecule has 1 aliphatic rings. The molecule has 1 amide bonds. The topological polar surface area (TPSA) is 32.3 Å². The van der Waals surface area contributed by atoms with Gasteiger partial charge in [0.1, 0.15) is 0 Å². The van der Waals surface area contributed by atoms with Gasteiger partial charge in [-0.15, -0.1) is 11.3 Å². The summed E-state index contributed by atoms with van der Waals surface area (Å²) in [5.41, 5.74) is 0.932. The van der Waals surface area contributed by atoms with E-state index in [9.17, 15) is 4.79 Å². The molecule has 4 heteroatoms. The number of hydrogen-bond donors (Lipinski definition) is 1. The fourth-order valence-electron chi connectivity index (χ4n) is 3.75. The van der Waals surface area contributed by atoms with Crippen molar-refractivity contribution in [2.45, 2.75) is 37.1 Å². The third kappa shape index (κ3) is 3.40. The van der Waals surface area contributed by atoms with E-state index in [-0.39, 0.29) is 17.4 Å². The van der Waals surface area contributed by atoms with E-state index in [1.54, 1.807) is 11.3 Å². The van der Waals surface area contributed by atoms with Crippen molar-refractivity contribution in [3.05, 3.63) is 58.3 Å². The van der Waals surface area contributed by atoms with Gasteiger partial charge in [0, 0.05) is 11.4 Å². The van der Waals surface area contributed by atoms with E-state index in [4.69, 9.17) is 0 Å². The minimum atomic E-state index is -0.304. The lowest BCUT2D eigenvalue weighted by atomic mass is 9.83. The van der Waals surface area contributed by atoms with Crippen LogP contribution in [-0.2, 0) is 10.2 Å². The number of nitrogens with one attached hydrogen (secondary N) is 1. The van der Waals surface area contributed by atoms with Crippen molar-refractivity contribution in [3.8, 4) is 0 Å².